The minimum absolute atomic E-state index is 0.150. The molecule has 0 saturated carbocycles. The van der Waals surface area contributed by atoms with Gasteiger partial charge in [-0.25, -0.2) is 8.42 Å². The van der Waals surface area contributed by atoms with Crippen LogP contribution in [-0.4, -0.2) is 30.9 Å². The molecule has 1 aromatic carbocycles. The average Bonchev–Trinajstić information content (AvgIpc) is 2.36. The molecule has 0 spiro atoms. The van der Waals surface area contributed by atoms with Gasteiger partial charge in [-0.15, -0.1) is 0 Å². The minimum atomic E-state index is -3.45. The van der Waals surface area contributed by atoms with Crippen molar-refractivity contribution in [2.75, 3.05) is 13.1 Å². The molecule has 0 bridgehead atoms. The summed E-state index contributed by atoms with van der Waals surface area (Å²) in [5.41, 5.74) is 1.33. The predicted octanol–water partition coefficient (Wildman–Crippen LogP) is 1.91. The lowest BCUT2D eigenvalue weighted by molar-refractivity contribution is 0.281. The van der Waals surface area contributed by atoms with Crippen molar-refractivity contribution in [2.24, 2.45) is 0 Å². The average molecular weight is 271 g/mol. The van der Waals surface area contributed by atoms with Gasteiger partial charge < -0.3 is 5.11 Å². The van der Waals surface area contributed by atoms with Crippen molar-refractivity contribution < 1.29 is 13.5 Å². The highest BCUT2D eigenvalue weighted by Gasteiger charge is 2.24. The molecule has 0 radical (unpaired) electrons. The summed E-state index contributed by atoms with van der Waals surface area (Å²) >= 11 is 0. The third-order valence-corrected chi connectivity index (χ3v) is 4.99. The summed E-state index contributed by atoms with van der Waals surface area (Å²) in [6.45, 7) is 6.38. The van der Waals surface area contributed by atoms with Crippen molar-refractivity contribution in [1.29, 1.82) is 0 Å². The molecule has 1 N–H and O–H groups in total. The number of aliphatic hydroxyl groups is 1. The summed E-state index contributed by atoms with van der Waals surface area (Å²) in [6, 6.07) is 5.03. The van der Waals surface area contributed by atoms with Gasteiger partial charge in [0.1, 0.15) is 0 Å². The first kappa shape index (κ1) is 15.1. The van der Waals surface area contributed by atoms with Crippen LogP contribution >= 0.6 is 0 Å². The zero-order chi connectivity index (χ0) is 13.8. The monoisotopic (exact) mass is 271 g/mol. The lowest BCUT2D eigenvalue weighted by Gasteiger charge is -2.21. The molecule has 0 aliphatic rings. The van der Waals surface area contributed by atoms with E-state index in [1.807, 2.05) is 13.8 Å². The first-order chi connectivity index (χ1) is 8.47. The SMILES string of the molecule is CCCN(CC)S(=O)(=O)c1cc(CO)ccc1C. The van der Waals surface area contributed by atoms with Gasteiger partial charge in [-0.1, -0.05) is 26.0 Å². The third kappa shape index (κ3) is 3.10. The summed E-state index contributed by atoms with van der Waals surface area (Å²) in [7, 11) is -3.45. The van der Waals surface area contributed by atoms with E-state index in [4.69, 9.17) is 5.11 Å². The van der Waals surface area contributed by atoms with Gasteiger partial charge in [0.05, 0.1) is 11.5 Å². The van der Waals surface area contributed by atoms with E-state index < -0.39 is 10.0 Å². The van der Waals surface area contributed by atoms with Crippen LogP contribution in [0.2, 0.25) is 0 Å². The molecule has 1 aromatic rings. The Morgan fingerprint density at radius 3 is 2.44 bits per heavy atom. The molecule has 1 rings (SSSR count). The van der Waals surface area contributed by atoms with E-state index in [9.17, 15) is 8.42 Å². The van der Waals surface area contributed by atoms with Crippen LogP contribution in [0.3, 0.4) is 0 Å². The van der Waals surface area contributed by atoms with Crippen LogP contribution in [0.4, 0.5) is 0 Å². The second-order valence-electron chi connectivity index (χ2n) is 4.25. The fraction of sp³-hybridized carbons (Fsp3) is 0.538. The van der Waals surface area contributed by atoms with Crippen LogP contribution in [0, 0.1) is 6.92 Å². The normalized spacial score (nSPS) is 12.1. The topological polar surface area (TPSA) is 57.6 Å². The van der Waals surface area contributed by atoms with Crippen molar-refractivity contribution in [3.63, 3.8) is 0 Å². The molecule has 102 valence electrons. The van der Waals surface area contributed by atoms with Gasteiger partial charge >= 0.3 is 0 Å². The van der Waals surface area contributed by atoms with Crippen LogP contribution in [0.15, 0.2) is 23.1 Å². The lowest BCUT2D eigenvalue weighted by Crippen LogP contribution is -2.32. The van der Waals surface area contributed by atoms with E-state index in [0.717, 1.165) is 6.42 Å². The van der Waals surface area contributed by atoms with Crippen LogP contribution in [0.25, 0.3) is 0 Å². The fourth-order valence-electron chi connectivity index (χ4n) is 1.86. The molecule has 0 amide bonds. The zero-order valence-electron chi connectivity index (χ0n) is 11.2. The number of benzene rings is 1. The minimum Gasteiger partial charge on any atom is -0.392 e. The first-order valence-electron chi connectivity index (χ1n) is 6.17. The van der Waals surface area contributed by atoms with Gasteiger partial charge in [0.2, 0.25) is 10.0 Å². The van der Waals surface area contributed by atoms with Crippen molar-refractivity contribution in [3.05, 3.63) is 29.3 Å². The van der Waals surface area contributed by atoms with Gasteiger partial charge in [0.25, 0.3) is 0 Å². The summed E-state index contributed by atoms with van der Waals surface area (Å²) in [5, 5.41) is 9.11. The molecule has 0 saturated heterocycles. The number of aryl methyl sites for hydroxylation is 1. The number of hydrogen-bond acceptors (Lipinski definition) is 3. The van der Waals surface area contributed by atoms with Crippen molar-refractivity contribution in [2.45, 2.75) is 38.7 Å². The van der Waals surface area contributed by atoms with Crippen LogP contribution in [0.5, 0.6) is 0 Å². The van der Waals surface area contributed by atoms with Crippen molar-refractivity contribution >= 4 is 10.0 Å². The van der Waals surface area contributed by atoms with Gasteiger partial charge in [0, 0.05) is 13.1 Å². The molecule has 0 atom stereocenters. The van der Waals surface area contributed by atoms with E-state index in [1.54, 1.807) is 25.1 Å². The van der Waals surface area contributed by atoms with Crippen LogP contribution < -0.4 is 0 Å². The van der Waals surface area contributed by atoms with Crippen molar-refractivity contribution in [1.82, 2.24) is 4.31 Å². The van der Waals surface area contributed by atoms with Crippen molar-refractivity contribution in [3.8, 4) is 0 Å². The second-order valence-corrected chi connectivity index (χ2v) is 6.16. The van der Waals surface area contributed by atoms with E-state index in [1.165, 1.54) is 4.31 Å². The number of aliphatic hydroxyl groups excluding tert-OH is 1. The van der Waals surface area contributed by atoms with Crippen LogP contribution in [-0.2, 0) is 16.6 Å². The molecule has 4 nitrogen and oxygen atoms in total. The third-order valence-electron chi connectivity index (χ3n) is 2.88. The van der Waals surface area contributed by atoms with E-state index >= 15 is 0 Å². The summed E-state index contributed by atoms with van der Waals surface area (Å²) < 4.78 is 26.4. The first-order valence-corrected chi connectivity index (χ1v) is 7.61. The molecule has 0 aromatic heterocycles. The Morgan fingerprint density at radius 1 is 1.28 bits per heavy atom. The maximum Gasteiger partial charge on any atom is 0.243 e. The molecule has 0 fully saturated rings. The van der Waals surface area contributed by atoms with Crippen LogP contribution in [0.1, 0.15) is 31.4 Å². The van der Waals surface area contributed by atoms with Gasteiger partial charge in [-0.05, 0) is 30.5 Å². The Morgan fingerprint density at radius 2 is 1.94 bits per heavy atom. The smallest absolute Gasteiger partial charge is 0.243 e. The Balaban J connectivity index is 3.26. The van der Waals surface area contributed by atoms with Gasteiger partial charge in [-0.3, -0.25) is 0 Å². The summed E-state index contributed by atoms with van der Waals surface area (Å²) in [5.74, 6) is 0. The molecular weight excluding hydrogens is 250 g/mol. The quantitative estimate of drug-likeness (QED) is 0.860. The van der Waals surface area contributed by atoms with E-state index in [0.29, 0.717) is 29.1 Å². The lowest BCUT2D eigenvalue weighted by atomic mass is 10.2. The fourth-order valence-corrected chi connectivity index (χ4v) is 3.67. The molecule has 5 heteroatoms. The Hall–Kier alpha value is -0.910. The van der Waals surface area contributed by atoms with E-state index in [-0.39, 0.29) is 6.61 Å². The highest BCUT2D eigenvalue weighted by atomic mass is 32.2. The maximum absolute atomic E-state index is 12.5. The summed E-state index contributed by atoms with van der Waals surface area (Å²) in [6.07, 6.45) is 0.784. The molecule has 0 aliphatic carbocycles. The molecule has 0 aliphatic heterocycles. The number of hydrogen-bond donors (Lipinski definition) is 1. The molecule has 0 unspecified atom stereocenters. The Labute approximate surface area is 109 Å². The zero-order valence-corrected chi connectivity index (χ0v) is 12.0. The van der Waals surface area contributed by atoms with E-state index in [2.05, 4.69) is 0 Å². The standard InChI is InChI=1S/C13H21NO3S/c1-4-8-14(5-2)18(16,17)13-9-12(10-15)7-6-11(13)3/h6-7,9,15H,4-5,8,10H2,1-3H3. The van der Waals surface area contributed by atoms with Gasteiger partial charge in [0.15, 0.2) is 0 Å². The molecule has 18 heavy (non-hydrogen) atoms. The summed E-state index contributed by atoms with van der Waals surface area (Å²) in [4.78, 5) is 0.296. The largest absolute Gasteiger partial charge is 0.392 e. The number of rotatable bonds is 6. The Bertz CT molecular complexity index is 497. The second kappa shape index (κ2) is 6.31. The highest BCUT2D eigenvalue weighted by molar-refractivity contribution is 7.89. The predicted molar refractivity (Wildman–Crippen MR) is 71.8 cm³/mol. The maximum atomic E-state index is 12.5. The molecular formula is C13H21NO3S. The number of sulfonamides is 1. The molecule has 0 heterocycles. The highest BCUT2D eigenvalue weighted by Crippen LogP contribution is 2.21. The Kier molecular flexibility index (Phi) is 5.31. The van der Waals surface area contributed by atoms with Gasteiger partial charge in [-0.2, -0.15) is 4.31 Å². The number of nitrogens with zero attached hydrogens (tertiary/aromatic N) is 1.